The van der Waals surface area contributed by atoms with Crippen LogP contribution in [-0.2, 0) is 4.79 Å². The van der Waals surface area contributed by atoms with E-state index < -0.39 is 0 Å². The van der Waals surface area contributed by atoms with Gasteiger partial charge in [-0.25, -0.2) is 0 Å². The van der Waals surface area contributed by atoms with Crippen molar-refractivity contribution in [1.82, 2.24) is 0 Å². The molecule has 0 saturated heterocycles. The van der Waals surface area contributed by atoms with Crippen LogP contribution in [0.4, 0.5) is 0 Å². The minimum absolute atomic E-state index is 0.0913. The van der Waals surface area contributed by atoms with Crippen molar-refractivity contribution in [1.29, 1.82) is 5.26 Å². The number of aryl methyl sites for hydroxylation is 1. The Kier molecular flexibility index (Phi) is 2.81. The fraction of sp³-hybridized carbons (Fsp3) is 0.273. The van der Waals surface area contributed by atoms with Crippen LogP contribution in [0.3, 0.4) is 0 Å². The maximum Gasteiger partial charge on any atom is 0.127 e. The topological polar surface area (TPSA) is 40.9 Å². The number of carbonyl (C=O) groups is 1. The molecule has 0 aliphatic rings. The van der Waals surface area contributed by atoms with Crippen molar-refractivity contribution in [3.8, 4) is 6.07 Å². The fourth-order valence-electron chi connectivity index (χ4n) is 1.17. The fourth-order valence-corrected chi connectivity index (χ4v) is 1.17. The Morgan fingerprint density at radius 1 is 1.54 bits per heavy atom. The van der Waals surface area contributed by atoms with E-state index in [0.29, 0.717) is 5.56 Å². The van der Waals surface area contributed by atoms with Crippen molar-refractivity contribution in [2.45, 2.75) is 19.8 Å². The van der Waals surface area contributed by atoms with E-state index in [1.165, 1.54) is 0 Å². The average Bonchev–Trinajstić information content (AvgIpc) is 2.16. The highest BCUT2D eigenvalue weighted by atomic mass is 16.1. The molecule has 1 unspecified atom stereocenters. The molecular weight excluding hydrogens is 162 g/mol. The molecule has 0 heterocycles. The minimum atomic E-state index is -0.0913. The molecule has 66 valence electrons. The van der Waals surface area contributed by atoms with E-state index in [0.717, 1.165) is 17.4 Å². The molecule has 1 atom stereocenters. The average molecular weight is 173 g/mol. The standard InChI is InChI=1S/C11H11NO/c1-8-5-10(9(2)7-13)3-4-11(8)6-12/h3-5,7,9H,1-2H3. The molecule has 2 nitrogen and oxygen atoms in total. The summed E-state index contributed by atoms with van der Waals surface area (Å²) in [5, 5.41) is 8.69. The molecule has 0 aliphatic carbocycles. The van der Waals surface area contributed by atoms with E-state index >= 15 is 0 Å². The van der Waals surface area contributed by atoms with Gasteiger partial charge in [-0.3, -0.25) is 0 Å². The van der Waals surface area contributed by atoms with Gasteiger partial charge in [-0.1, -0.05) is 19.1 Å². The molecule has 0 N–H and O–H groups in total. The first-order valence-electron chi connectivity index (χ1n) is 4.15. The Hall–Kier alpha value is -1.62. The van der Waals surface area contributed by atoms with Gasteiger partial charge >= 0.3 is 0 Å². The second-order valence-corrected chi connectivity index (χ2v) is 3.11. The summed E-state index contributed by atoms with van der Waals surface area (Å²) in [6.07, 6.45) is 0.904. The lowest BCUT2D eigenvalue weighted by atomic mass is 9.98. The summed E-state index contributed by atoms with van der Waals surface area (Å²) in [4.78, 5) is 10.5. The number of aldehydes is 1. The molecule has 2 heteroatoms. The number of benzene rings is 1. The van der Waals surface area contributed by atoms with E-state index in [4.69, 9.17) is 5.26 Å². The van der Waals surface area contributed by atoms with Crippen molar-refractivity contribution in [2.75, 3.05) is 0 Å². The molecule has 0 spiro atoms. The first-order valence-corrected chi connectivity index (χ1v) is 4.15. The predicted octanol–water partition coefficient (Wildman–Crippen LogP) is 2.17. The van der Waals surface area contributed by atoms with E-state index in [9.17, 15) is 4.79 Å². The van der Waals surface area contributed by atoms with Gasteiger partial charge in [-0.2, -0.15) is 5.26 Å². The second-order valence-electron chi connectivity index (χ2n) is 3.11. The lowest BCUT2D eigenvalue weighted by Crippen LogP contribution is -1.95. The molecule has 0 bridgehead atoms. The van der Waals surface area contributed by atoms with Crippen LogP contribution in [-0.4, -0.2) is 6.29 Å². The normalized spacial score (nSPS) is 11.8. The SMILES string of the molecule is Cc1cc(C(C)C=O)ccc1C#N. The van der Waals surface area contributed by atoms with Crippen LogP contribution in [0.5, 0.6) is 0 Å². The first kappa shape index (κ1) is 9.47. The highest BCUT2D eigenvalue weighted by Crippen LogP contribution is 2.16. The summed E-state index contributed by atoms with van der Waals surface area (Å²) in [7, 11) is 0. The summed E-state index contributed by atoms with van der Waals surface area (Å²) in [6.45, 7) is 3.72. The van der Waals surface area contributed by atoms with E-state index in [2.05, 4.69) is 6.07 Å². The Labute approximate surface area is 77.8 Å². The third-order valence-corrected chi connectivity index (χ3v) is 2.10. The monoisotopic (exact) mass is 173 g/mol. The number of nitrogens with zero attached hydrogens (tertiary/aromatic N) is 1. The van der Waals surface area contributed by atoms with Gasteiger partial charge < -0.3 is 4.79 Å². The predicted molar refractivity (Wildman–Crippen MR) is 50.4 cm³/mol. The molecule has 1 aromatic carbocycles. The zero-order chi connectivity index (χ0) is 9.84. The van der Waals surface area contributed by atoms with Crippen molar-refractivity contribution in [3.63, 3.8) is 0 Å². The number of hydrogen-bond acceptors (Lipinski definition) is 2. The summed E-state index contributed by atoms with van der Waals surface area (Å²) in [5.74, 6) is -0.0913. The van der Waals surface area contributed by atoms with E-state index in [1.807, 2.05) is 26.0 Å². The lowest BCUT2D eigenvalue weighted by Gasteiger charge is -2.05. The Morgan fingerprint density at radius 3 is 2.69 bits per heavy atom. The highest BCUT2D eigenvalue weighted by molar-refractivity contribution is 5.62. The third-order valence-electron chi connectivity index (χ3n) is 2.10. The molecule has 1 aromatic rings. The van der Waals surface area contributed by atoms with Crippen LogP contribution in [0.15, 0.2) is 18.2 Å². The van der Waals surface area contributed by atoms with Gasteiger partial charge in [0.2, 0.25) is 0 Å². The number of carbonyl (C=O) groups excluding carboxylic acids is 1. The van der Waals surface area contributed by atoms with Crippen molar-refractivity contribution in [2.24, 2.45) is 0 Å². The molecule has 0 radical (unpaired) electrons. The molecule has 0 fully saturated rings. The van der Waals surface area contributed by atoms with Crippen molar-refractivity contribution < 1.29 is 4.79 Å². The summed E-state index contributed by atoms with van der Waals surface area (Å²) >= 11 is 0. The minimum Gasteiger partial charge on any atom is -0.303 e. The molecule has 1 rings (SSSR count). The smallest absolute Gasteiger partial charge is 0.127 e. The molecular formula is C11H11NO. The third kappa shape index (κ3) is 1.94. The van der Waals surface area contributed by atoms with Crippen LogP contribution >= 0.6 is 0 Å². The summed E-state index contributed by atoms with van der Waals surface area (Å²) < 4.78 is 0. The number of nitriles is 1. The van der Waals surface area contributed by atoms with Gasteiger partial charge in [0.05, 0.1) is 11.6 Å². The van der Waals surface area contributed by atoms with Crippen LogP contribution < -0.4 is 0 Å². The Bertz CT molecular complexity index is 363. The second kappa shape index (κ2) is 3.86. The molecule has 0 aliphatic heterocycles. The van der Waals surface area contributed by atoms with Gasteiger partial charge in [0, 0.05) is 5.92 Å². The van der Waals surface area contributed by atoms with Gasteiger partial charge in [0.1, 0.15) is 6.29 Å². The van der Waals surface area contributed by atoms with E-state index in [-0.39, 0.29) is 5.92 Å². The molecule has 13 heavy (non-hydrogen) atoms. The zero-order valence-corrected chi connectivity index (χ0v) is 7.74. The van der Waals surface area contributed by atoms with Crippen molar-refractivity contribution >= 4 is 6.29 Å². The van der Waals surface area contributed by atoms with Crippen LogP contribution in [0, 0.1) is 18.3 Å². The lowest BCUT2D eigenvalue weighted by molar-refractivity contribution is -0.108. The molecule has 0 aromatic heterocycles. The Morgan fingerprint density at radius 2 is 2.23 bits per heavy atom. The zero-order valence-electron chi connectivity index (χ0n) is 7.74. The molecule has 0 saturated carbocycles. The maximum absolute atomic E-state index is 10.5. The Balaban J connectivity index is 3.11. The quantitative estimate of drug-likeness (QED) is 0.643. The van der Waals surface area contributed by atoms with Crippen LogP contribution in [0.1, 0.15) is 29.5 Å². The van der Waals surface area contributed by atoms with E-state index in [1.54, 1.807) is 6.07 Å². The first-order chi connectivity index (χ1) is 6.19. The van der Waals surface area contributed by atoms with Gasteiger partial charge in [-0.15, -0.1) is 0 Å². The largest absolute Gasteiger partial charge is 0.303 e. The summed E-state index contributed by atoms with van der Waals surface area (Å²) in [5.41, 5.74) is 2.56. The van der Waals surface area contributed by atoms with Crippen LogP contribution in [0.2, 0.25) is 0 Å². The van der Waals surface area contributed by atoms with Crippen molar-refractivity contribution in [3.05, 3.63) is 34.9 Å². The number of hydrogen-bond donors (Lipinski definition) is 0. The molecule has 0 amide bonds. The van der Waals surface area contributed by atoms with Gasteiger partial charge in [0.25, 0.3) is 0 Å². The highest BCUT2D eigenvalue weighted by Gasteiger charge is 2.05. The van der Waals surface area contributed by atoms with Crippen LogP contribution in [0.25, 0.3) is 0 Å². The summed E-state index contributed by atoms with van der Waals surface area (Å²) in [6, 6.07) is 7.56. The maximum atomic E-state index is 10.5. The van der Waals surface area contributed by atoms with Gasteiger partial charge in [-0.05, 0) is 24.1 Å². The van der Waals surface area contributed by atoms with Gasteiger partial charge in [0.15, 0.2) is 0 Å². The number of rotatable bonds is 2.